The molecule has 5 aromatic rings. The van der Waals surface area contributed by atoms with E-state index in [-0.39, 0.29) is 0 Å². The lowest BCUT2D eigenvalue weighted by Gasteiger charge is -2.12. The Morgan fingerprint density at radius 1 is 0.800 bits per heavy atom. The van der Waals surface area contributed by atoms with Gasteiger partial charge in [-0.15, -0.1) is 0 Å². The van der Waals surface area contributed by atoms with Crippen LogP contribution in [0.5, 0.6) is 11.8 Å². The third kappa shape index (κ3) is 5.03. The zero-order valence-corrected chi connectivity index (χ0v) is 19.2. The minimum atomic E-state index is -1.55. The second-order valence-electron chi connectivity index (χ2n) is 8.17. The topological polar surface area (TPSA) is 89.6 Å². The standard InChI is InChI=1S/C27H24BN3O4/c1-31-24-16-21(28(32)33)12-13-22(24)26(30-31)23-14-15-25(34-17-19-8-4-2-5-9-19)29-27(23)35-18-20-10-6-3-7-11-20/h2-16,32-33H,17-18H2,1H3. The van der Waals surface area contributed by atoms with Crippen LogP contribution < -0.4 is 14.9 Å². The van der Waals surface area contributed by atoms with Gasteiger partial charge in [-0.1, -0.05) is 72.8 Å². The Morgan fingerprint density at radius 2 is 1.46 bits per heavy atom. The molecule has 7 nitrogen and oxygen atoms in total. The number of pyridine rings is 1. The van der Waals surface area contributed by atoms with Crippen LogP contribution in [0, 0.1) is 0 Å². The van der Waals surface area contributed by atoms with Crippen molar-refractivity contribution < 1.29 is 19.5 Å². The van der Waals surface area contributed by atoms with Gasteiger partial charge >= 0.3 is 7.12 Å². The molecule has 3 aromatic carbocycles. The van der Waals surface area contributed by atoms with Gasteiger partial charge in [-0.25, -0.2) is 0 Å². The Kier molecular flexibility index (Phi) is 6.48. The molecule has 0 amide bonds. The summed E-state index contributed by atoms with van der Waals surface area (Å²) < 4.78 is 13.8. The van der Waals surface area contributed by atoms with Crippen molar-refractivity contribution in [1.82, 2.24) is 14.8 Å². The maximum Gasteiger partial charge on any atom is 0.488 e. The summed E-state index contributed by atoms with van der Waals surface area (Å²) in [4.78, 5) is 4.67. The van der Waals surface area contributed by atoms with E-state index < -0.39 is 7.12 Å². The molecule has 0 bridgehead atoms. The van der Waals surface area contributed by atoms with Gasteiger partial charge in [0.2, 0.25) is 11.8 Å². The molecule has 0 aliphatic heterocycles. The van der Waals surface area contributed by atoms with Crippen LogP contribution in [-0.4, -0.2) is 31.9 Å². The van der Waals surface area contributed by atoms with E-state index in [1.807, 2.05) is 79.8 Å². The normalized spacial score (nSPS) is 10.9. The summed E-state index contributed by atoms with van der Waals surface area (Å²) in [6, 6.07) is 28.7. The number of fused-ring (bicyclic) bond motifs is 1. The van der Waals surface area contributed by atoms with Crippen LogP contribution in [0.1, 0.15) is 11.1 Å². The Labute approximate surface area is 203 Å². The van der Waals surface area contributed by atoms with Crippen LogP contribution in [-0.2, 0) is 20.3 Å². The molecule has 2 N–H and O–H groups in total. The summed E-state index contributed by atoms with van der Waals surface area (Å²) in [6.07, 6.45) is 0. The molecule has 2 aromatic heterocycles. The fourth-order valence-corrected chi connectivity index (χ4v) is 3.89. The Morgan fingerprint density at radius 3 is 2.11 bits per heavy atom. The summed E-state index contributed by atoms with van der Waals surface area (Å²) in [7, 11) is 0.263. The summed E-state index contributed by atoms with van der Waals surface area (Å²) in [5.41, 5.74) is 4.63. The van der Waals surface area contributed by atoms with E-state index in [4.69, 9.17) is 14.6 Å². The Hall–Kier alpha value is -4.14. The number of hydrogen-bond donors (Lipinski definition) is 2. The van der Waals surface area contributed by atoms with Crippen molar-refractivity contribution in [2.75, 3.05) is 0 Å². The van der Waals surface area contributed by atoms with Crippen molar-refractivity contribution in [2.24, 2.45) is 7.05 Å². The molecule has 8 heteroatoms. The van der Waals surface area contributed by atoms with Gasteiger partial charge in [0, 0.05) is 18.5 Å². The van der Waals surface area contributed by atoms with E-state index in [0.717, 1.165) is 27.6 Å². The van der Waals surface area contributed by atoms with E-state index in [0.29, 0.717) is 36.1 Å². The van der Waals surface area contributed by atoms with Crippen molar-refractivity contribution in [3.8, 4) is 23.0 Å². The van der Waals surface area contributed by atoms with Crippen molar-refractivity contribution in [2.45, 2.75) is 13.2 Å². The summed E-state index contributed by atoms with van der Waals surface area (Å²) >= 11 is 0. The lowest BCUT2D eigenvalue weighted by molar-refractivity contribution is 0.268. The predicted octanol–water partition coefficient (Wildman–Crippen LogP) is 3.47. The quantitative estimate of drug-likeness (QED) is 0.341. The molecular formula is C27H24BN3O4. The van der Waals surface area contributed by atoms with Crippen LogP contribution in [0.25, 0.3) is 22.2 Å². The molecule has 0 atom stereocenters. The van der Waals surface area contributed by atoms with Crippen LogP contribution in [0.4, 0.5) is 0 Å². The summed E-state index contributed by atoms with van der Waals surface area (Å²) in [6.45, 7) is 0.735. The first-order chi connectivity index (χ1) is 17.1. The first kappa shape index (κ1) is 22.6. The molecule has 5 rings (SSSR count). The van der Waals surface area contributed by atoms with Gasteiger partial charge < -0.3 is 19.5 Å². The number of hydrogen-bond acceptors (Lipinski definition) is 6. The zero-order chi connectivity index (χ0) is 24.2. The maximum absolute atomic E-state index is 9.57. The van der Waals surface area contributed by atoms with E-state index in [2.05, 4.69) is 4.98 Å². The number of rotatable bonds is 8. The first-order valence-corrected chi connectivity index (χ1v) is 11.3. The van der Waals surface area contributed by atoms with Gasteiger partial charge in [0.15, 0.2) is 0 Å². The molecule has 35 heavy (non-hydrogen) atoms. The van der Waals surface area contributed by atoms with Gasteiger partial charge in [-0.05, 0) is 28.7 Å². The molecule has 0 fully saturated rings. The molecule has 0 aliphatic rings. The number of ether oxygens (including phenoxy) is 2. The van der Waals surface area contributed by atoms with Crippen LogP contribution in [0.3, 0.4) is 0 Å². The Balaban J connectivity index is 1.51. The van der Waals surface area contributed by atoms with Crippen LogP contribution in [0.2, 0.25) is 0 Å². The molecule has 0 saturated heterocycles. The zero-order valence-electron chi connectivity index (χ0n) is 19.2. The smallest absolute Gasteiger partial charge is 0.473 e. The fraction of sp³-hybridized carbons (Fsp3) is 0.111. The first-order valence-electron chi connectivity index (χ1n) is 11.3. The molecule has 174 valence electrons. The molecule has 0 aliphatic carbocycles. The highest BCUT2D eigenvalue weighted by Crippen LogP contribution is 2.35. The molecule has 0 saturated carbocycles. The third-order valence-corrected chi connectivity index (χ3v) is 5.71. The lowest BCUT2D eigenvalue weighted by atomic mass is 9.80. The van der Waals surface area contributed by atoms with Crippen molar-refractivity contribution in [3.63, 3.8) is 0 Å². The lowest BCUT2D eigenvalue weighted by Crippen LogP contribution is -2.29. The van der Waals surface area contributed by atoms with Crippen molar-refractivity contribution >= 4 is 23.5 Å². The van der Waals surface area contributed by atoms with Crippen LogP contribution >= 0.6 is 0 Å². The van der Waals surface area contributed by atoms with Gasteiger partial charge in [0.1, 0.15) is 18.9 Å². The fourth-order valence-electron chi connectivity index (χ4n) is 3.89. The van der Waals surface area contributed by atoms with E-state index in [9.17, 15) is 10.0 Å². The average Bonchev–Trinajstić information content (AvgIpc) is 3.23. The van der Waals surface area contributed by atoms with E-state index >= 15 is 0 Å². The predicted molar refractivity (Wildman–Crippen MR) is 135 cm³/mol. The summed E-state index contributed by atoms with van der Waals surface area (Å²) in [5.74, 6) is 0.859. The minimum Gasteiger partial charge on any atom is -0.473 e. The minimum absolute atomic E-state index is 0.342. The molecule has 0 radical (unpaired) electrons. The third-order valence-electron chi connectivity index (χ3n) is 5.71. The number of benzene rings is 3. The highest BCUT2D eigenvalue weighted by atomic mass is 16.5. The molecular weight excluding hydrogens is 441 g/mol. The molecule has 0 spiro atoms. The highest BCUT2D eigenvalue weighted by molar-refractivity contribution is 6.58. The SMILES string of the molecule is Cn1nc(-c2ccc(OCc3ccccc3)nc2OCc2ccccc2)c2ccc(B(O)O)cc21. The largest absolute Gasteiger partial charge is 0.488 e. The van der Waals surface area contributed by atoms with E-state index in [1.165, 1.54) is 0 Å². The monoisotopic (exact) mass is 465 g/mol. The second-order valence-corrected chi connectivity index (χ2v) is 8.17. The van der Waals surface area contributed by atoms with Gasteiger partial charge in [0.05, 0.1) is 11.1 Å². The van der Waals surface area contributed by atoms with Gasteiger partial charge in [-0.3, -0.25) is 4.68 Å². The average molecular weight is 465 g/mol. The van der Waals surface area contributed by atoms with Crippen LogP contribution in [0.15, 0.2) is 91.0 Å². The molecule has 2 heterocycles. The van der Waals surface area contributed by atoms with Gasteiger partial charge in [-0.2, -0.15) is 10.1 Å². The van der Waals surface area contributed by atoms with Crippen molar-refractivity contribution in [3.05, 3.63) is 102 Å². The van der Waals surface area contributed by atoms with Gasteiger partial charge in [0.25, 0.3) is 0 Å². The van der Waals surface area contributed by atoms with E-state index in [1.54, 1.807) is 22.9 Å². The Bertz CT molecular complexity index is 1440. The molecule has 0 unspecified atom stereocenters. The van der Waals surface area contributed by atoms with Crippen molar-refractivity contribution in [1.29, 1.82) is 0 Å². The number of nitrogens with zero attached hydrogens (tertiary/aromatic N) is 3. The summed E-state index contributed by atoms with van der Waals surface area (Å²) in [5, 5.41) is 24.7. The number of aromatic nitrogens is 3. The maximum atomic E-state index is 9.57. The highest BCUT2D eigenvalue weighted by Gasteiger charge is 2.20. The second kappa shape index (κ2) is 10.0. The number of aryl methyl sites for hydroxylation is 1.